The number of nitrogens with one attached hydrogen (secondary N) is 1. The Bertz CT molecular complexity index is 1170. The number of hydrogen-bond acceptors (Lipinski definition) is 7. The third-order valence-corrected chi connectivity index (χ3v) is 6.38. The Morgan fingerprint density at radius 1 is 1.09 bits per heavy atom. The number of pyridine rings is 1. The number of rotatable bonds is 6. The molecule has 8 heteroatoms. The quantitative estimate of drug-likeness (QED) is 0.564. The molecule has 0 fully saturated rings. The number of carbonyl (C=O) groups excluding carboxylic acids is 3. The second-order valence-corrected chi connectivity index (χ2v) is 8.28. The molecule has 0 radical (unpaired) electrons. The van der Waals surface area contributed by atoms with Gasteiger partial charge in [0.15, 0.2) is 6.10 Å². The van der Waals surface area contributed by atoms with Crippen molar-refractivity contribution in [2.75, 3.05) is 11.9 Å². The van der Waals surface area contributed by atoms with Crippen molar-refractivity contribution < 1.29 is 23.9 Å². The van der Waals surface area contributed by atoms with E-state index in [1.165, 1.54) is 48.4 Å². The Morgan fingerprint density at radius 2 is 1.84 bits per heavy atom. The maximum Gasteiger partial charge on any atom is 0.341 e. The van der Waals surface area contributed by atoms with Gasteiger partial charge in [-0.25, -0.2) is 9.59 Å². The van der Waals surface area contributed by atoms with Crippen LogP contribution in [0.3, 0.4) is 0 Å². The SMILES string of the molecule is CCOC(=O)c1c(NC(=O)C(C)OC(=O)c2ccncc2)sc2c1CCc1ccccc1-2. The molecule has 0 saturated heterocycles. The first-order chi connectivity index (χ1) is 15.5. The summed E-state index contributed by atoms with van der Waals surface area (Å²) in [7, 11) is 0. The first kappa shape index (κ1) is 21.7. The van der Waals surface area contributed by atoms with Gasteiger partial charge >= 0.3 is 11.9 Å². The first-order valence-corrected chi connectivity index (χ1v) is 11.1. The molecule has 3 aromatic rings. The minimum atomic E-state index is -1.06. The maximum absolute atomic E-state index is 12.8. The van der Waals surface area contributed by atoms with E-state index < -0.39 is 23.9 Å². The lowest BCUT2D eigenvalue weighted by molar-refractivity contribution is -0.123. The molecular formula is C24H22N2O5S. The van der Waals surface area contributed by atoms with Crippen LogP contribution in [0.4, 0.5) is 5.00 Å². The standard InChI is InChI=1S/C24H22N2O5S/c1-3-30-24(29)19-18-9-8-15-6-4-5-7-17(15)20(18)32-22(19)26-21(27)14(2)31-23(28)16-10-12-25-13-11-16/h4-7,10-14H,3,8-9H2,1-2H3,(H,26,27). The van der Waals surface area contributed by atoms with E-state index in [4.69, 9.17) is 9.47 Å². The topological polar surface area (TPSA) is 94.6 Å². The van der Waals surface area contributed by atoms with Crippen LogP contribution >= 0.6 is 11.3 Å². The normalized spacial score (nSPS) is 12.8. The lowest BCUT2D eigenvalue weighted by Gasteiger charge is -2.16. The third-order valence-electron chi connectivity index (χ3n) is 5.20. The van der Waals surface area contributed by atoms with Crippen LogP contribution in [0, 0.1) is 0 Å². The van der Waals surface area contributed by atoms with Gasteiger partial charge in [0, 0.05) is 17.3 Å². The number of benzene rings is 1. The summed E-state index contributed by atoms with van der Waals surface area (Å²) in [5.74, 6) is -1.62. The van der Waals surface area contributed by atoms with Crippen LogP contribution in [0.25, 0.3) is 10.4 Å². The van der Waals surface area contributed by atoms with Crippen LogP contribution < -0.4 is 5.32 Å². The number of ether oxygens (including phenoxy) is 2. The summed E-state index contributed by atoms with van der Waals surface area (Å²) in [6.07, 6.45) is 3.37. The molecule has 1 aromatic carbocycles. The molecule has 1 aliphatic rings. The summed E-state index contributed by atoms with van der Waals surface area (Å²) in [4.78, 5) is 42.7. The number of esters is 2. The predicted octanol–water partition coefficient (Wildman–Crippen LogP) is 4.27. The number of aromatic nitrogens is 1. The number of carbonyl (C=O) groups is 3. The highest BCUT2D eigenvalue weighted by Gasteiger charge is 2.30. The van der Waals surface area contributed by atoms with Crippen molar-refractivity contribution in [1.82, 2.24) is 4.98 Å². The minimum absolute atomic E-state index is 0.230. The van der Waals surface area contributed by atoms with E-state index in [0.717, 1.165) is 22.4 Å². The lowest BCUT2D eigenvalue weighted by Crippen LogP contribution is -2.30. The number of amides is 1. The monoisotopic (exact) mass is 450 g/mol. The van der Waals surface area contributed by atoms with Crippen molar-refractivity contribution in [3.63, 3.8) is 0 Å². The van der Waals surface area contributed by atoms with Gasteiger partial charge in [0.2, 0.25) is 0 Å². The summed E-state index contributed by atoms with van der Waals surface area (Å²) in [5.41, 5.74) is 3.82. The van der Waals surface area contributed by atoms with Gasteiger partial charge in [0.25, 0.3) is 5.91 Å². The Labute approximate surface area is 189 Å². The zero-order chi connectivity index (χ0) is 22.7. The number of anilines is 1. The highest BCUT2D eigenvalue weighted by atomic mass is 32.1. The molecule has 1 aliphatic carbocycles. The number of hydrogen-bond donors (Lipinski definition) is 1. The van der Waals surface area contributed by atoms with E-state index in [0.29, 0.717) is 22.5 Å². The second-order valence-electron chi connectivity index (χ2n) is 7.26. The Balaban J connectivity index is 1.60. The highest BCUT2D eigenvalue weighted by Crippen LogP contribution is 2.45. The third kappa shape index (κ3) is 4.27. The molecule has 2 aromatic heterocycles. The molecule has 0 aliphatic heterocycles. The van der Waals surface area contributed by atoms with Crippen molar-refractivity contribution in [1.29, 1.82) is 0 Å². The molecule has 0 spiro atoms. The summed E-state index contributed by atoms with van der Waals surface area (Å²) >= 11 is 1.34. The van der Waals surface area contributed by atoms with E-state index >= 15 is 0 Å². The summed E-state index contributed by atoms with van der Waals surface area (Å²) in [6, 6.07) is 11.1. The van der Waals surface area contributed by atoms with Gasteiger partial charge in [-0.15, -0.1) is 11.3 Å². The zero-order valence-electron chi connectivity index (χ0n) is 17.7. The average molecular weight is 451 g/mol. The van der Waals surface area contributed by atoms with Gasteiger partial charge in [-0.3, -0.25) is 9.78 Å². The van der Waals surface area contributed by atoms with Crippen LogP contribution in [-0.4, -0.2) is 35.5 Å². The van der Waals surface area contributed by atoms with Crippen molar-refractivity contribution in [3.8, 4) is 10.4 Å². The van der Waals surface area contributed by atoms with E-state index in [2.05, 4.69) is 16.4 Å². The smallest absolute Gasteiger partial charge is 0.341 e. The highest BCUT2D eigenvalue weighted by molar-refractivity contribution is 7.20. The molecule has 164 valence electrons. The second kappa shape index (κ2) is 9.32. The Kier molecular flexibility index (Phi) is 6.32. The Hall–Kier alpha value is -3.52. The molecule has 0 saturated carbocycles. The van der Waals surface area contributed by atoms with Crippen molar-refractivity contribution in [3.05, 3.63) is 71.0 Å². The summed E-state index contributed by atoms with van der Waals surface area (Å²) in [5, 5.41) is 3.19. The molecule has 2 heterocycles. The minimum Gasteiger partial charge on any atom is -0.462 e. The van der Waals surface area contributed by atoms with E-state index in [9.17, 15) is 14.4 Å². The number of nitrogens with zero attached hydrogens (tertiary/aromatic N) is 1. The molecule has 0 bridgehead atoms. The van der Waals surface area contributed by atoms with Crippen molar-refractivity contribution >= 4 is 34.2 Å². The Morgan fingerprint density at radius 3 is 2.59 bits per heavy atom. The van der Waals surface area contributed by atoms with Gasteiger partial charge in [-0.1, -0.05) is 24.3 Å². The van der Waals surface area contributed by atoms with Gasteiger partial charge in [0.05, 0.1) is 17.7 Å². The van der Waals surface area contributed by atoms with E-state index in [1.807, 2.05) is 18.2 Å². The van der Waals surface area contributed by atoms with Crippen LogP contribution in [0.1, 0.15) is 45.7 Å². The molecule has 1 atom stereocenters. The van der Waals surface area contributed by atoms with Gasteiger partial charge < -0.3 is 14.8 Å². The fourth-order valence-electron chi connectivity index (χ4n) is 3.63. The molecule has 4 rings (SSSR count). The van der Waals surface area contributed by atoms with Crippen LogP contribution in [0.2, 0.25) is 0 Å². The largest absolute Gasteiger partial charge is 0.462 e. The van der Waals surface area contributed by atoms with Crippen LogP contribution in [0.5, 0.6) is 0 Å². The summed E-state index contributed by atoms with van der Waals surface area (Å²) < 4.78 is 10.6. The average Bonchev–Trinajstić information content (AvgIpc) is 3.18. The molecule has 1 N–H and O–H groups in total. The molecule has 7 nitrogen and oxygen atoms in total. The van der Waals surface area contributed by atoms with Gasteiger partial charge in [0.1, 0.15) is 5.00 Å². The number of thiophene rings is 1. The molecule has 1 amide bonds. The first-order valence-electron chi connectivity index (χ1n) is 10.3. The van der Waals surface area contributed by atoms with Gasteiger partial charge in [-0.2, -0.15) is 0 Å². The fourth-order valence-corrected chi connectivity index (χ4v) is 4.93. The fraction of sp³-hybridized carbons (Fsp3) is 0.250. The molecular weight excluding hydrogens is 428 g/mol. The zero-order valence-corrected chi connectivity index (χ0v) is 18.5. The van der Waals surface area contributed by atoms with E-state index in [1.54, 1.807) is 6.92 Å². The lowest BCUT2D eigenvalue weighted by atomic mass is 9.89. The van der Waals surface area contributed by atoms with Crippen molar-refractivity contribution in [2.24, 2.45) is 0 Å². The van der Waals surface area contributed by atoms with E-state index in [-0.39, 0.29) is 6.61 Å². The number of aryl methyl sites for hydroxylation is 1. The summed E-state index contributed by atoms with van der Waals surface area (Å²) in [6.45, 7) is 3.46. The van der Waals surface area contributed by atoms with Crippen molar-refractivity contribution in [2.45, 2.75) is 32.8 Å². The number of fused-ring (bicyclic) bond motifs is 3. The maximum atomic E-state index is 12.8. The van der Waals surface area contributed by atoms with Gasteiger partial charge in [-0.05, 0) is 55.5 Å². The molecule has 32 heavy (non-hydrogen) atoms. The van der Waals surface area contributed by atoms with Crippen LogP contribution in [0.15, 0.2) is 48.8 Å². The molecule has 1 unspecified atom stereocenters. The van der Waals surface area contributed by atoms with Crippen LogP contribution in [-0.2, 0) is 27.1 Å². The predicted molar refractivity (Wildman–Crippen MR) is 121 cm³/mol.